The Kier molecular flexibility index (Phi) is 3.20. The molecule has 1 atom stereocenters. The minimum Gasteiger partial charge on any atom is -0.384 e. The van der Waals surface area contributed by atoms with Crippen LogP contribution in [0, 0.1) is 3.57 Å². The van der Waals surface area contributed by atoms with Crippen molar-refractivity contribution in [3.8, 4) is 0 Å². The van der Waals surface area contributed by atoms with Crippen LogP contribution in [0.4, 0.5) is 0 Å². The Hall–Kier alpha value is -0.390. The molecule has 0 aliphatic heterocycles. The Labute approximate surface area is 101 Å². The van der Waals surface area contributed by atoms with E-state index >= 15 is 0 Å². The fourth-order valence-corrected chi connectivity index (χ4v) is 2.67. The Balaban J connectivity index is 2.37. The van der Waals surface area contributed by atoms with Gasteiger partial charge in [0.1, 0.15) is 6.10 Å². The van der Waals surface area contributed by atoms with Crippen LogP contribution in [0.25, 0.3) is 0 Å². The van der Waals surface area contributed by atoms with Gasteiger partial charge < -0.3 is 5.11 Å². The Bertz CT molecular complexity index is 411. The highest BCUT2D eigenvalue weighted by atomic mass is 127. The minimum absolute atomic E-state index is 0.491. The van der Waals surface area contributed by atoms with E-state index in [1.165, 1.54) is 0 Å². The van der Waals surface area contributed by atoms with Gasteiger partial charge in [0.15, 0.2) is 0 Å². The summed E-state index contributed by atoms with van der Waals surface area (Å²) in [6, 6.07) is 9.85. The van der Waals surface area contributed by atoms with Crippen LogP contribution in [0.3, 0.4) is 0 Å². The lowest BCUT2D eigenvalue weighted by atomic mass is 10.1. The highest BCUT2D eigenvalue weighted by molar-refractivity contribution is 14.1. The molecule has 14 heavy (non-hydrogen) atoms. The van der Waals surface area contributed by atoms with Crippen LogP contribution < -0.4 is 0 Å². The van der Waals surface area contributed by atoms with Crippen LogP contribution >= 0.6 is 33.9 Å². The molecular formula is C11H9IOS. The molecule has 1 aromatic carbocycles. The van der Waals surface area contributed by atoms with Crippen LogP contribution in [0.1, 0.15) is 17.2 Å². The first-order chi connectivity index (χ1) is 6.79. The van der Waals surface area contributed by atoms with Crippen LogP contribution in [0.5, 0.6) is 0 Å². The molecule has 0 fully saturated rings. The molecule has 0 amide bonds. The van der Waals surface area contributed by atoms with Crippen molar-refractivity contribution in [1.29, 1.82) is 0 Å². The van der Waals surface area contributed by atoms with Crippen molar-refractivity contribution in [1.82, 2.24) is 0 Å². The fraction of sp³-hybridized carbons (Fsp3) is 0.0909. The highest BCUT2D eigenvalue weighted by Crippen LogP contribution is 2.27. The summed E-state index contributed by atoms with van der Waals surface area (Å²) < 4.78 is 1.10. The minimum atomic E-state index is -0.491. The van der Waals surface area contributed by atoms with Gasteiger partial charge in [-0.1, -0.05) is 18.2 Å². The maximum atomic E-state index is 10.1. The lowest BCUT2D eigenvalue weighted by molar-refractivity contribution is 0.220. The Morgan fingerprint density at radius 1 is 1.21 bits per heavy atom. The molecule has 0 saturated carbocycles. The van der Waals surface area contributed by atoms with Gasteiger partial charge in [0.05, 0.1) is 0 Å². The first-order valence-corrected chi connectivity index (χ1v) is 6.26. The van der Waals surface area contributed by atoms with Crippen LogP contribution in [0.2, 0.25) is 0 Å². The molecule has 2 aromatic rings. The first-order valence-electron chi connectivity index (χ1n) is 4.23. The van der Waals surface area contributed by atoms with Gasteiger partial charge in [-0.05, 0) is 56.6 Å². The topological polar surface area (TPSA) is 20.2 Å². The van der Waals surface area contributed by atoms with Gasteiger partial charge in [0.25, 0.3) is 0 Å². The molecule has 1 unspecified atom stereocenters. The lowest BCUT2D eigenvalue weighted by Crippen LogP contribution is -1.99. The summed E-state index contributed by atoms with van der Waals surface area (Å²) in [4.78, 5) is 0. The molecule has 0 saturated heterocycles. The van der Waals surface area contributed by atoms with Gasteiger partial charge in [0.2, 0.25) is 0 Å². The molecule has 0 spiro atoms. The van der Waals surface area contributed by atoms with Gasteiger partial charge in [0, 0.05) is 3.57 Å². The zero-order chi connectivity index (χ0) is 9.97. The maximum absolute atomic E-state index is 10.1. The smallest absolute Gasteiger partial charge is 0.106 e. The molecular weight excluding hydrogens is 307 g/mol. The van der Waals surface area contributed by atoms with Crippen LogP contribution in [-0.2, 0) is 0 Å². The third-order valence-corrected chi connectivity index (χ3v) is 3.74. The standard InChI is InChI=1S/C11H9IOS/c12-10-4-2-1-3-9(10)11(13)8-5-6-14-7-8/h1-7,11,13H. The third kappa shape index (κ3) is 1.99. The summed E-state index contributed by atoms with van der Waals surface area (Å²) in [6.07, 6.45) is -0.491. The molecule has 0 radical (unpaired) electrons. The van der Waals surface area contributed by atoms with Crippen molar-refractivity contribution < 1.29 is 5.11 Å². The Morgan fingerprint density at radius 2 is 2.00 bits per heavy atom. The third-order valence-electron chi connectivity index (χ3n) is 2.06. The molecule has 3 heteroatoms. The number of aliphatic hydroxyl groups excluding tert-OH is 1. The molecule has 1 nitrogen and oxygen atoms in total. The van der Waals surface area contributed by atoms with Crippen LogP contribution in [0.15, 0.2) is 41.1 Å². The molecule has 72 valence electrons. The van der Waals surface area contributed by atoms with Crippen molar-refractivity contribution in [2.24, 2.45) is 0 Å². The maximum Gasteiger partial charge on any atom is 0.106 e. The van der Waals surface area contributed by atoms with Crippen molar-refractivity contribution >= 4 is 33.9 Å². The predicted molar refractivity (Wildman–Crippen MR) is 67.5 cm³/mol. The number of rotatable bonds is 2. The molecule has 0 bridgehead atoms. The number of benzene rings is 1. The van der Waals surface area contributed by atoms with Crippen molar-refractivity contribution in [3.05, 3.63) is 55.8 Å². The second-order valence-electron chi connectivity index (χ2n) is 2.98. The fourth-order valence-electron chi connectivity index (χ4n) is 1.31. The van der Waals surface area contributed by atoms with E-state index in [9.17, 15) is 5.11 Å². The number of hydrogen-bond acceptors (Lipinski definition) is 2. The molecule has 2 rings (SSSR count). The largest absolute Gasteiger partial charge is 0.384 e. The quantitative estimate of drug-likeness (QED) is 0.842. The Morgan fingerprint density at radius 3 is 2.64 bits per heavy atom. The van der Waals surface area contributed by atoms with Gasteiger partial charge in [-0.2, -0.15) is 11.3 Å². The average molecular weight is 316 g/mol. The number of halogens is 1. The van der Waals surface area contributed by atoms with E-state index in [1.807, 2.05) is 41.1 Å². The number of aliphatic hydroxyl groups is 1. The lowest BCUT2D eigenvalue weighted by Gasteiger charge is -2.10. The molecule has 1 heterocycles. The van der Waals surface area contributed by atoms with Gasteiger partial charge >= 0.3 is 0 Å². The van der Waals surface area contributed by atoms with E-state index in [-0.39, 0.29) is 0 Å². The highest BCUT2D eigenvalue weighted by Gasteiger charge is 2.12. The normalized spacial score (nSPS) is 12.7. The second kappa shape index (κ2) is 4.42. The van der Waals surface area contributed by atoms with Gasteiger partial charge in [-0.15, -0.1) is 0 Å². The van der Waals surface area contributed by atoms with Crippen LogP contribution in [-0.4, -0.2) is 5.11 Å². The van der Waals surface area contributed by atoms with Crippen molar-refractivity contribution in [2.45, 2.75) is 6.10 Å². The van der Waals surface area contributed by atoms with Gasteiger partial charge in [-0.25, -0.2) is 0 Å². The van der Waals surface area contributed by atoms with Gasteiger partial charge in [-0.3, -0.25) is 0 Å². The monoisotopic (exact) mass is 316 g/mol. The summed E-state index contributed by atoms with van der Waals surface area (Å²) in [5.41, 5.74) is 1.95. The van der Waals surface area contributed by atoms with E-state index in [2.05, 4.69) is 22.6 Å². The van der Waals surface area contributed by atoms with E-state index < -0.39 is 6.10 Å². The zero-order valence-electron chi connectivity index (χ0n) is 7.35. The second-order valence-corrected chi connectivity index (χ2v) is 4.92. The average Bonchev–Trinajstić information content (AvgIpc) is 2.70. The summed E-state index contributed by atoms with van der Waals surface area (Å²) in [5.74, 6) is 0. The van der Waals surface area contributed by atoms with Crippen molar-refractivity contribution in [3.63, 3.8) is 0 Å². The molecule has 0 aliphatic carbocycles. The van der Waals surface area contributed by atoms with E-state index in [4.69, 9.17) is 0 Å². The molecule has 1 aromatic heterocycles. The van der Waals surface area contributed by atoms with Crippen molar-refractivity contribution in [2.75, 3.05) is 0 Å². The SMILES string of the molecule is OC(c1ccsc1)c1ccccc1I. The summed E-state index contributed by atoms with van der Waals surface area (Å²) >= 11 is 3.85. The zero-order valence-corrected chi connectivity index (χ0v) is 10.3. The summed E-state index contributed by atoms with van der Waals surface area (Å²) in [7, 11) is 0. The first kappa shape index (κ1) is 10.1. The number of thiophene rings is 1. The summed E-state index contributed by atoms with van der Waals surface area (Å²) in [5, 5.41) is 14.0. The molecule has 0 aliphatic rings. The summed E-state index contributed by atoms with van der Waals surface area (Å²) in [6.45, 7) is 0. The van der Waals surface area contributed by atoms with E-state index in [1.54, 1.807) is 11.3 Å². The van der Waals surface area contributed by atoms with E-state index in [0.29, 0.717) is 0 Å². The number of hydrogen-bond donors (Lipinski definition) is 1. The molecule has 1 N–H and O–H groups in total. The van der Waals surface area contributed by atoms with E-state index in [0.717, 1.165) is 14.7 Å². The predicted octanol–water partition coefficient (Wildman–Crippen LogP) is 3.43.